The number of carbonyl (C=O) groups is 2. The minimum absolute atomic E-state index is 0.0362. The van der Waals surface area contributed by atoms with E-state index in [-0.39, 0.29) is 31.5 Å². The molecule has 0 aromatic heterocycles. The van der Waals surface area contributed by atoms with Gasteiger partial charge in [0.15, 0.2) is 0 Å². The Labute approximate surface area is 432 Å². The highest BCUT2D eigenvalue weighted by molar-refractivity contribution is 7.47. The maximum absolute atomic E-state index is 13.4. The van der Waals surface area contributed by atoms with Crippen molar-refractivity contribution in [3.63, 3.8) is 0 Å². The Morgan fingerprint density at radius 2 is 0.886 bits per heavy atom. The molecule has 2 N–H and O–H groups in total. The maximum Gasteiger partial charge on any atom is 0.472 e. The smallest absolute Gasteiger partial charge is 0.456 e. The minimum Gasteiger partial charge on any atom is -0.456 e. The fraction of sp³-hybridized carbons (Fsp3) is 0.800. The van der Waals surface area contributed by atoms with Gasteiger partial charge >= 0.3 is 13.8 Å². The van der Waals surface area contributed by atoms with Crippen molar-refractivity contribution in [1.29, 1.82) is 0 Å². The van der Waals surface area contributed by atoms with E-state index in [0.717, 1.165) is 109 Å². The summed E-state index contributed by atoms with van der Waals surface area (Å²) >= 11 is 0. The quantitative estimate of drug-likeness (QED) is 0.0205. The Morgan fingerprint density at radius 3 is 1.39 bits per heavy atom. The van der Waals surface area contributed by atoms with Crippen LogP contribution < -0.4 is 5.32 Å². The van der Waals surface area contributed by atoms with Crippen LogP contribution in [0.3, 0.4) is 0 Å². The lowest BCUT2D eigenvalue weighted by atomic mass is 10.0. The van der Waals surface area contributed by atoms with Crippen molar-refractivity contribution in [1.82, 2.24) is 5.32 Å². The van der Waals surface area contributed by atoms with Crippen LogP contribution in [-0.2, 0) is 27.9 Å². The van der Waals surface area contributed by atoms with Gasteiger partial charge in [-0.2, -0.15) is 0 Å². The second-order valence-corrected chi connectivity index (χ2v) is 22.3. The second kappa shape index (κ2) is 50.3. The fourth-order valence-electron chi connectivity index (χ4n) is 8.10. The molecule has 10 heteroatoms. The molecular formula is C60H112N2O7P+. The lowest BCUT2D eigenvalue weighted by Gasteiger charge is -2.27. The van der Waals surface area contributed by atoms with Crippen molar-refractivity contribution >= 4 is 19.7 Å². The predicted molar refractivity (Wildman–Crippen MR) is 300 cm³/mol. The molecule has 408 valence electrons. The molecule has 0 spiro atoms. The van der Waals surface area contributed by atoms with Crippen LogP contribution in [0, 0.1) is 0 Å². The molecule has 0 fully saturated rings. The van der Waals surface area contributed by atoms with E-state index in [0.29, 0.717) is 17.4 Å². The van der Waals surface area contributed by atoms with Crippen molar-refractivity contribution < 1.29 is 37.3 Å². The summed E-state index contributed by atoms with van der Waals surface area (Å²) in [4.78, 5) is 37.5. The SMILES string of the molecule is CCCC/C=C\CCCCCCCC(=O)NC(COP(=O)(O)OCC[N+](C)(C)C)C(/C=C\CCCCCCCCCCCC)OC(=O)CCCCCCCCCC/C=C\C/C=C\C/C=C\CCCCC. The summed E-state index contributed by atoms with van der Waals surface area (Å²) < 4.78 is 30.6. The number of esters is 1. The van der Waals surface area contributed by atoms with E-state index < -0.39 is 20.0 Å². The Kier molecular flexibility index (Phi) is 48.6. The third kappa shape index (κ3) is 50.6. The summed E-state index contributed by atoms with van der Waals surface area (Å²) in [6.45, 7) is 6.93. The first-order chi connectivity index (χ1) is 33.9. The number of nitrogens with zero attached hydrogens (tertiary/aromatic N) is 1. The van der Waals surface area contributed by atoms with Crippen LogP contribution in [0.2, 0.25) is 0 Å². The zero-order valence-electron chi connectivity index (χ0n) is 46.5. The zero-order valence-corrected chi connectivity index (χ0v) is 47.4. The van der Waals surface area contributed by atoms with Crippen LogP contribution in [0.4, 0.5) is 0 Å². The van der Waals surface area contributed by atoms with E-state index in [1.807, 2.05) is 33.3 Å². The van der Waals surface area contributed by atoms with Crippen LogP contribution in [0.15, 0.2) is 60.8 Å². The first-order valence-corrected chi connectivity index (χ1v) is 30.6. The molecule has 0 radical (unpaired) electrons. The number of amides is 1. The second-order valence-electron chi connectivity index (χ2n) is 20.8. The number of rotatable bonds is 52. The van der Waals surface area contributed by atoms with Gasteiger partial charge in [0, 0.05) is 12.8 Å². The molecule has 3 unspecified atom stereocenters. The first kappa shape index (κ1) is 67.7. The summed E-state index contributed by atoms with van der Waals surface area (Å²) in [6.07, 6.45) is 62.1. The molecule has 0 aliphatic heterocycles. The lowest BCUT2D eigenvalue weighted by Crippen LogP contribution is -2.47. The zero-order chi connectivity index (χ0) is 51.5. The van der Waals surface area contributed by atoms with E-state index >= 15 is 0 Å². The van der Waals surface area contributed by atoms with Crippen LogP contribution in [-0.4, -0.2) is 74.3 Å². The van der Waals surface area contributed by atoms with Gasteiger partial charge in [-0.05, 0) is 89.5 Å². The first-order valence-electron chi connectivity index (χ1n) is 29.1. The Morgan fingerprint density at radius 1 is 0.500 bits per heavy atom. The molecule has 0 bridgehead atoms. The molecule has 0 aliphatic rings. The van der Waals surface area contributed by atoms with Crippen LogP contribution in [0.25, 0.3) is 0 Å². The molecule has 0 saturated heterocycles. The number of carbonyl (C=O) groups excluding carboxylic acids is 2. The number of likely N-dealkylation sites (N-methyl/N-ethyl adjacent to an activating group) is 1. The Hall–Kier alpha value is -2.29. The average Bonchev–Trinajstić information content (AvgIpc) is 3.32. The van der Waals surface area contributed by atoms with Crippen molar-refractivity contribution in [2.45, 2.75) is 270 Å². The van der Waals surface area contributed by atoms with E-state index in [9.17, 15) is 19.0 Å². The number of unbranched alkanes of at least 4 members (excludes halogenated alkanes) is 28. The number of nitrogens with one attached hydrogen (secondary N) is 1. The topological polar surface area (TPSA) is 111 Å². The molecule has 0 aliphatic carbocycles. The molecule has 70 heavy (non-hydrogen) atoms. The molecule has 9 nitrogen and oxygen atoms in total. The van der Waals surface area contributed by atoms with E-state index in [4.69, 9.17) is 13.8 Å². The van der Waals surface area contributed by atoms with E-state index in [1.165, 1.54) is 116 Å². The molecule has 3 atom stereocenters. The molecule has 1 amide bonds. The number of hydrogen-bond donors (Lipinski definition) is 2. The van der Waals surface area contributed by atoms with Gasteiger partial charge < -0.3 is 19.4 Å². The number of allylic oxidation sites excluding steroid dienone is 9. The number of quaternary nitrogens is 1. The Bertz CT molecular complexity index is 1390. The van der Waals surface area contributed by atoms with Gasteiger partial charge in [-0.1, -0.05) is 217 Å². The molecule has 0 aromatic carbocycles. The summed E-state index contributed by atoms with van der Waals surface area (Å²) in [5.41, 5.74) is 0. The summed E-state index contributed by atoms with van der Waals surface area (Å²) in [7, 11) is 1.48. The fourth-order valence-corrected chi connectivity index (χ4v) is 8.84. The highest BCUT2D eigenvalue weighted by Gasteiger charge is 2.30. The monoisotopic (exact) mass is 1000 g/mol. The van der Waals surface area contributed by atoms with Crippen LogP contribution in [0.5, 0.6) is 0 Å². The third-order valence-corrected chi connectivity index (χ3v) is 13.7. The van der Waals surface area contributed by atoms with Gasteiger partial charge in [0.25, 0.3) is 0 Å². The third-order valence-electron chi connectivity index (χ3n) is 12.7. The maximum atomic E-state index is 13.4. The summed E-state index contributed by atoms with van der Waals surface area (Å²) in [6, 6.07) is -0.855. The normalized spacial score (nSPS) is 14.2. The number of phosphoric ester groups is 1. The molecule has 0 heterocycles. The van der Waals surface area contributed by atoms with E-state index in [1.54, 1.807) is 0 Å². The van der Waals surface area contributed by atoms with Gasteiger partial charge in [-0.3, -0.25) is 18.6 Å². The van der Waals surface area contributed by atoms with Crippen LogP contribution >= 0.6 is 7.82 Å². The number of hydrogen-bond acceptors (Lipinski definition) is 6. The van der Waals surface area contributed by atoms with Gasteiger partial charge in [-0.25, -0.2) is 4.57 Å². The van der Waals surface area contributed by atoms with Crippen LogP contribution in [0.1, 0.15) is 258 Å². The molecular weight excluding hydrogens is 892 g/mol. The van der Waals surface area contributed by atoms with Gasteiger partial charge in [0.1, 0.15) is 19.3 Å². The summed E-state index contributed by atoms with van der Waals surface area (Å²) in [5, 5.41) is 3.04. The number of ether oxygens (including phenoxy) is 1. The van der Waals surface area contributed by atoms with Gasteiger partial charge in [-0.15, -0.1) is 0 Å². The minimum atomic E-state index is -4.45. The average molecular weight is 1000 g/mol. The van der Waals surface area contributed by atoms with Crippen molar-refractivity contribution in [3.8, 4) is 0 Å². The highest BCUT2D eigenvalue weighted by Crippen LogP contribution is 2.43. The highest BCUT2D eigenvalue weighted by atomic mass is 31.2. The van der Waals surface area contributed by atoms with Crippen molar-refractivity contribution in [2.24, 2.45) is 0 Å². The standard InChI is InChI=1S/C60H111N2O7P/c1-7-10-13-16-19-22-25-27-28-29-30-31-32-33-34-35-38-41-44-47-50-53-60(64)69-58(51-48-45-42-39-37-26-23-20-17-14-11-8-2)57(56-68-70(65,66)67-55-54-62(4,5)6)61-59(63)52-49-46-43-40-36-24-21-18-15-12-9-3/h18-19,21-22,27-28,30-31,48,51,57-58H,7-17,20,23-26,29,32-47,49-50,52-56H2,1-6H3,(H-,61,63,65,66)/p+1/b21-18-,22-19-,28-27-,31-30-,51-48-. The van der Waals surface area contributed by atoms with Gasteiger partial charge in [0.05, 0.1) is 33.8 Å². The summed E-state index contributed by atoms with van der Waals surface area (Å²) in [5.74, 6) is -0.524. The molecule has 0 saturated carbocycles. The van der Waals surface area contributed by atoms with E-state index in [2.05, 4.69) is 74.7 Å². The predicted octanol–water partition coefficient (Wildman–Crippen LogP) is 17.5. The molecule has 0 rings (SSSR count). The Balaban J connectivity index is 5.26. The number of phosphoric acid groups is 1. The lowest BCUT2D eigenvalue weighted by molar-refractivity contribution is -0.870. The molecule has 0 aromatic rings. The van der Waals surface area contributed by atoms with Crippen molar-refractivity contribution in [3.05, 3.63) is 60.8 Å². The van der Waals surface area contributed by atoms with Gasteiger partial charge in [0.2, 0.25) is 5.91 Å². The largest absolute Gasteiger partial charge is 0.472 e. The van der Waals surface area contributed by atoms with Crippen molar-refractivity contribution in [2.75, 3.05) is 40.9 Å².